The Balaban J connectivity index is 2.35. The molecule has 1 amide bonds. The summed E-state index contributed by atoms with van der Waals surface area (Å²) in [7, 11) is 0. The molecule has 1 rings (SSSR count). The van der Waals surface area contributed by atoms with Gasteiger partial charge in [0.25, 0.3) is 0 Å². The summed E-state index contributed by atoms with van der Waals surface area (Å²) in [4.78, 5) is 11.8. The van der Waals surface area contributed by atoms with Crippen molar-refractivity contribution in [3.05, 3.63) is 0 Å². The van der Waals surface area contributed by atoms with Gasteiger partial charge in [-0.1, -0.05) is 6.92 Å². The van der Waals surface area contributed by atoms with Gasteiger partial charge < -0.3 is 20.1 Å². The summed E-state index contributed by atoms with van der Waals surface area (Å²) in [5, 5.41) is 6.48. The Kier molecular flexibility index (Phi) is 6.94. The highest BCUT2D eigenvalue weighted by Crippen LogP contribution is 2.19. The van der Waals surface area contributed by atoms with E-state index in [-0.39, 0.29) is 12.1 Å². The molecule has 0 aromatic rings. The average Bonchev–Trinajstić information content (AvgIpc) is 2.30. The van der Waals surface area contributed by atoms with Crippen LogP contribution in [-0.2, 0) is 9.47 Å². The van der Waals surface area contributed by atoms with E-state index in [1.54, 1.807) is 0 Å². The molecule has 1 fully saturated rings. The molecule has 0 spiro atoms. The van der Waals surface area contributed by atoms with Gasteiger partial charge in [0.05, 0.1) is 12.2 Å². The van der Waals surface area contributed by atoms with Crippen molar-refractivity contribution in [1.29, 1.82) is 0 Å². The Bertz CT molecular complexity index is 318. The molecule has 0 aromatic carbocycles. The number of amides is 1. The van der Waals surface area contributed by atoms with E-state index >= 15 is 0 Å². The predicted molar refractivity (Wildman–Crippen MR) is 84.5 cm³/mol. The van der Waals surface area contributed by atoms with Crippen molar-refractivity contribution in [2.24, 2.45) is 0 Å². The molecule has 0 aliphatic carbocycles. The Morgan fingerprint density at radius 3 is 2.33 bits per heavy atom. The molecule has 3 atom stereocenters. The van der Waals surface area contributed by atoms with Crippen molar-refractivity contribution in [3.8, 4) is 0 Å². The highest BCUT2D eigenvalue weighted by molar-refractivity contribution is 5.68. The molecule has 2 N–H and O–H groups in total. The fraction of sp³-hybridized carbons (Fsp3) is 0.938. The van der Waals surface area contributed by atoms with E-state index in [0.717, 1.165) is 25.8 Å². The maximum absolute atomic E-state index is 11.8. The third-order valence-electron chi connectivity index (χ3n) is 3.56. The van der Waals surface area contributed by atoms with Crippen LogP contribution in [0.25, 0.3) is 0 Å². The summed E-state index contributed by atoms with van der Waals surface area (Å²) >= 11 is 0. The van der Waals surface area contributed by atoms with E-state index in [4.69, 9.17) is 9.47 Å². The molecule has 0 saturated carbocycles. The molecule has 124 valence electrons. The zero-order valence-electron chi connectivity index (χ0n) is 14.4. The van der Waals surface area contributed by atoms with Crippen molar-refractivity contribution in [3.63, 3.8) is 0 Å². The van der Waals surface area contributed by atoms with Crippen molar-refractivity contribution in [2.45, 2.75) is 90.7 Å². The van der Waals surface area contributed by atoms with Gasteiger partial charge in [-0.05, 0) is 53.9 Å². The molecule has 1 aliphatic rings. The molecule has 0 aromatic heterocycles. The highest BCUT2D eigenvalue weighted by Gasteiger charge is 2.25. The van der Waals surface area contributed by atoms with Crippen molar-refractivity contribution in [1.82, 2.24) is 10.6 Å². The third kappa shape index (κ3) is 7.67. The Labute approximate surface area is 129 Å². The number of hydrogen-bond acceptors (Lipinski definition) is 4. The number of alkyl carbamates (subject to hydrolysis) is 1. The maximum Gasteiger partial charge on any atom is 0.407 e. The lowest BCUT2D eigenvalue weighted by Crippen LogP contribution is -2.48. The smallest absolute Gasteiger partial charge is 0.407 e. The largest absolute Gasteiger partial charge is 0.444 e. The second kappa shape index (κ2) is 7.99. The molecule has 1 aliphatic heterocycles. The van der Waals surface area contributed by atoms with Gasteiger partial charge in [0.1, 0.15) is 5.60 Å². The maximum atomic E-state index is 11.8. The zero-order valence-corrected chi connectivity index (χ0v) is 14.4. The lowest BCUT2D eigenvalue weighted by Gasteiger charge is -2.33. The topological polar surface area (TPSA) is 59.6 Å². The number of nitrogens with one attached hydrogen (secondary N) is 2. The highest BCUT2D eigenvalue weighted by atomic mass is 16.6. The van der Waals surface area contributed by atoms with Crippen LogP contribution < -0.4 is 10.6 Å². The number of ether oxygens (including phenoxy) is 2. The molecule has 5 heteroatoms. The van der Waals surface area contributed by atoms with Crippen LogP contribution in [0.1, 0.15) is 60.8 Å². The standard InChI is InChI=1S/C16H32N2O3/c1-7-13(18-15(19)21-16(4,5)6)10-17-14-8-11(2)20-12(3)9-14/h11-14,17H,7-10H2,1-6H3,(H,18,19). The van der Waals surface area contributed by atoms with E-state index in [1.165, 1.54) is 0 Å². The van der Waals surface area contributed by atoms with Crippen LogP contribution in [0.2, 0.25) is 0 Å². The van der Waals surface area contributed by atoms with Crippen molar-refractivity contribution in [2.75, 3.05) is 6.54 Å². The SMILES string of the molecule is CCC(CNC1CC(C)OC(C)C1)NC(=O)OC(C)(C)C. The lowest BCUT2D eigenvalue weighted by atomic mass is 9.99. The first-order chi connectivity index (χ1) is 9.69. The summed E-state index contributed by atoms with van der Waals surface area (Å²) in [6, 6.07) is 0.548. The summed E-state index contributed by atoms with van der Waals surface area (Å²) in [6.07, 6.45) is 3.17. The number of rotatable bonds is 5. The molecule has 1 saturated heterocycles. The van der Waals surface area contributed by atoms with Crippen molar-refractivity contribution >= 4 is 6.09 Å². The van der Waals surface area contributed by atoms with Crippen LogP contribution in [0, 0.1) is 0 Å². The van der Waals surface area contributed by atoms with Crippen LogP contribution in [0.5, 0.6) is 0 Å². The van der Waals surface area contributed by atoms with Crippen LogP contribution in [-0.4, -0.2) is 42.5 Å². The minimum Gasteiger partial charge on any atom is -0.444 e. The van der Waals surface area contributed by atoms with Crippen LogP contribution >= 0.6 is 0 Å². The second-order valence-electron chi connectivity index (χ2n) is 7.09. The minimum atomic E-state index is -0.457. The first-order valence-electron chi connectivity index (χ1n) is 8.08. The number of hydrogen-bond donors (Lipinski definition) is 2. The van der Waals surface area contributed by atoms with Gasteiger partial charge in [0, 0.05) is 18.6 Å². The Morgan fingerprint density at radius 1 is 1.29 bits per heavy atom. The fourth-order valence-electron chi connectivity index (χ4n) is 2.65. The van der Waals surface area contributed by atoms with Gasteiger partial charge in [-0.2, -0.15) is 0 Å². The van der Waals surface area contributed by atoms with Gasteiger partial charge in [-0.3, -0.25) is 0 Å². The molecular formula is C16H32N2O3. The monoisotopic (exact) mass is 300 g/mol. The van der Waals surface area contributed by atoms with Gasteiger partial charge in [0.2, 0.25) is 0 Å². The molecule has 0 radical (unpaired) electrons. The molecule has 0 bridgehead atoms. The van der Waals surface area contributed by atoms with Gasteiger partial charge >= 0.3 is 6.09 Å². The van der Waals surface area contributed by atoms with Crippen molar-refractivity contribution < 1.29 is 14.3 Å². The Morgan fingerprint density at radius 2 is 1.86 bits per heavy atom. The average molecular weight is 300 g/mol. The molecule has 5 nitrogen and oxygen atoms in total. The van der Waals surface area contributed by atoms with Crippen LogP contribution in [0.4, 0.5) is 4.79 Å². The first kappa shape index (κ1) is 18.2. The summed E-state index contributed by atoms with van der Waals surface area (Å²) in [6.45, 7) is 12.7. The molecule has 3 unspecified atom stereocenters. The van der Waals surface area contributed by atoms with E-state index < -0.39 is 5.60 Å². The summed E-state index contributed by atoms with van der Waals surface area (Å²) in [5.74, 6) is 0. The predicted octanol–water partition coefficient (Wildman–Crippen LogP) is 2.84. The first-order valence-corrected chi connectivity index (χ1v) is 8.08. The lowest BCUT2D eigenvalue weighted by molar-refractivity contribution is -0.0423. The normalized spacial score (nSPS) is 28.0. The van der Waals surface area contributed by atoms with E-state index in [9.17, 15) is 4.79 Å². The van der Waals surface area contributed by atoms with Crippen LogP contribution in [0.15, 0.2) is 0 Å². The number of carbonyl (C=O) groups is 1. The quantitative estimate of drug-likeness (QED) is 0.819. The van der Waals surface area contributed by atoms with E-state index in [2.05, 4.69) is 31.4 Å². The van der Waals surface area contributed by atoms with E-state index in [0.29, 0.717) is 18.2 Å². The minimum absolute atomic E-state index is 0.0910. The summed E-state index contributed by atoms with van der Waals surface area (Å²) in [5.41, 5.74) is -0.457. The molecular weight excluding hydrogens is 268 g/mol. The summed E-state index contributed by atoms with van der Waals surface area (Å²) < 4.78 is 11.0. The fourth-order valence-corrected chi connectivity index (χ4v) is 2.65. The Hall–Kier alpha value is -0.810. The molecule has 21 heavy (non-hydrogen) atoms. The van der Waals surface area contributed by atoms with Gasteiger partial charge in [0.15, 0.2) is 0 Å². The second-order valence-corrected chi connectivity index (χ2v) is 7.09. The molecule has 1 heterocycles. The zero-order chi connectivity index (χ0) is 16.0. The third-order valence-corrected chi connectivity index (χ3v) is 3.56. The van der Waals surface area contributed by atoms with Gasteiger partial charge in [-0.25, -0.2) is 4.79 Å². The van der Waals surface area contributed by atoms with E-state index in [1.807, 2.05) is 20.8 Å². The van der Waals surface area contributed by atoms with Crippen LogP contribution in [0.3, 0.4) is 0 Å². The number of carbonyl (C=O) groups excluding carboxylic acids is 1. The van der Waals surface area contributed by atoms with Gasteiger partial charge in [-0.15, -0.1) is 0 Å².